The Balaban J connectivity index is 1.46. The third-order valence-corrected chi connectivity index (χ3v) is 6.46. The summed E-state index contributed by atoms with van der Waals surface area (Å²) in [7, 11) is 0. The Morgan fingerprint density at radius 2 is 2.04 bits per heavy atom. The van der Waals surface area contributed by atoms with E-state index >= 15 is 0 Å². The van der Waals surface area contributed by atoms with E-state index < -0.39 is 5.54 Å². The maximum absolute atomic E-state index is 13.6. The molecule has 3 fully saturated rings. The van der Waals surface area contributed by atoms with Crippen LogP contribution in [0, 0.1) is 5.82 Å². The zero-order valence-electron chi connectivity index (χ0n) is 15.6. The van der Waals surface area contributed by atoms with E-state index in [2.05, 4.69) is 15.1 Å². The molecule has 1 aliphatic carbocycles. The Morgan fingerprint density at radius 3 is 2.73 bits per heavy atom. The van der Waals surface area contributed by atoms with Gasteiger partial charge in [-0.1, -0.05) is 18.6 Å². The smallest absolute Gasteiger partial charge is 0.243 e. The van der Waals surface area contributed by atoms with Crippen molar-refractivity contribution in [3.8, 4) is 0 Å². The highest BCUT2D eigenvalue weighted by Crippen LogP contribution is 2.29. The van der Waals surface area contributed by atoms with Crippen molar-refractivity contribution in [2.24, 2.45) is 0 Å². The first-order chi connectivity index (χ1) is 12.7. The molecule has 2 saturated heterocycles. The summed E-state index contributed by atoms with van der Waals surface area (Å²) < 4.78 is 13.6. The molecule has 1 N–H and O–H groups in total. The summed E-state index contributed by atoms with van der Waals surface area (Å²) in [6, 6.07) is 7.44. The van der Waals surface area contributed by atoms with Gasteiger partial charge in [-0.05, 0) is 62.8 Å². The van der Waals surface area contributed by atoms with Crippen molar-refractivity contribution in [3.63, 3.8) is 0 Å². The molecule has 2 aliphatic heterocycles. The van der Waals surface area contributed by atoms with Gasteiger partial charge < -0.3 is 10.2 Å². The maximum atomic E-state index is 13.6. The van der Waals surface area contributed by atoms with Crippen LogP contribution in [0.25, 0.3) is 0 Å². The Hall–Kier alpha value is -1.46. The molecule has 0 bridgehead atoms. The number of carbonyl (C=O) groups is 1. The molecule has 1 amide bonds. The van der Waals surface area contributed by atoms with Gasteiger partial charge in [0, 0.05) is 32.2 Å². The Bertz CT molecular complexity index is 640. The molecule has 0 aromatic heterocycles. The first kappa shape index (κ1) is 17.9. The zero-order chi connectivity index (χ0) is 18.0. The molecule has 3 aliphatic rings. The number of rotatable bonds is 4. The minimum atomic E-state index is -0.556. The molecule has 4 nitrogen and oxygen atoms in total. The van der Waals surface area contributed by atoms with Gasteiger partial charge in [-0.15, -0.1) is 0 Å². The molecule has 1 atom stereocenters. The predicted octanol–water partition coefficient (Wildman–Crippen LogP) is 2.58. The van der Waals surface area contributed by atoms with E-state index in [1.807, 2.05) is 6.07 Å². The number of nitrogens with zero attached hydrogens (tertiary/aromatic N) is 2. The summed E-state index contributed by atoms with van der Waals surface area (Å²) in [6.07, 6.45) is 7.46. The van der Waals surface area contributed by atoms with E-state index in [-0.39, 0.29) is 11.7 Å². The number of benzene rings is 1. The van der Waals surface area contributed by atoms with Crippen LogP contribution in [-0.4, -0.2) is 60.0 Å². The fourth-order valence-electron chi connectivity index (χ4n) is 4.77. The van der Waals surface area contributed by atoms with Crippen LogP contribution in [0.5, 0.6) is 0 Å². The fourth-order valence-corrected chi connectivity index (χ4v) is 4.77. The quantitative estimate of drug-likeness (QED) is 0.898. The van der Waals surface area contributed by atoms with Gasteiger partial charge in [0.2, 0.25) is 5.91 Å². The molecule has 1 aromatic carbocycles. The molecule has 26 heavy (non-hydrogen) atoms. The monoisotopic (exact) mass is 359 g/mol. The van der Waals surface area contributed by atoms with Crippen molar-refractivity contribution in [1.29, 1.82) is 0 Å². The average Bonchev–Trinajstić information content (AvgIpc) is 2.92. The van der Waals surface area contributed by atoms with Gasteiger partial charge in [-0.3, -0.25) is 9.69 Å². The van der Waals surface area contributed by atoms with Crippen molar-refractivity contribution in [3.05, 3.63) is 35.6 Å². The lowest BCUT2D eigenvalue weighted by Gasteiger charge is -2.37. The van der Waals surface area contributed by atoms with Gasteiger partial charge in [0.15, 0.2) is 0 Å². The number of nitrogens with one attached hydrogen (secondary N) is 1. The van der Waals surface area contributed by atoms with Gasteiger partial charge in [-0.2, -0.15) is 0 Å². The molecular weight excluding hydrogens is 329 g/mol. The minimum absolute atomic E-state index is 0.217. The Labute approximate surface area is 155 Å². The van der Waals surface area contributed by atoms with Crippen LogP contribution in [0.3, 0.4) is 0 Å². The van der Waals surface area contributed by atoms with Crippen LogP contribution >= 0.6 is 0 Å². The topological polar surface area (TPSA) is 35.6 Å². The molecule has 0 unspecified atom stereocenters. The van der Waals surface area contributed by atoms with Crippen molar-refractivity contribution in [2.45, 2.75) is 56.5 Å². The van der Waals surface area contributed by atoms with E-state index in [4.69, 9.17) is 0 Å². The van der Waals surface area contributed by atoms with Gasteiger partial charge in [0.1, 0.15) is 11.4 Å². The zero-order valence-corrected chi connectivity index (χ0v) is 15.6. The first-order valence-electron chi connectivity index (χ1n) is 10.2. The SMILES string of the molecule is O=C(N1CCCN(C2CCC2)CC1)[C@@]1(Cc2cccc(F)c2)CCCN1. The standard InChI is InChI=1S/C21H30FN3O/c22-18-6-1-5-17(15-18)16-21(9-3-10-23-21)20(26)25-12-4-11-24(13-14-25)19-7-2-8-19/h1,5-6,15,19,23H,2-4,7-14,16H2/t21-/m0/s1. The molecule has 1 aromatic rings. The van der Waals surface area contributed by atoms with Crippen molar-refractivity contribution < 1.29 is 9.18 Å². The predicted molar refractivity (Wildman–Crippen MR) is 100 cm³/mol. The largest absolute Gasteiger partial charge is 0.340 e. The van der Waals surface area contributed by atoms with Crippen LogP contribution in [0.15, 0.2) is 24.3 Å². The summed E-state index contributed by atoms with van der Waals surface area (Å²) in [4.78, 5) is 18.1. The lowest BCUT2D eigenvalue weighted by molar-refractivity contribution is -0.137. The summed E-state index contributed by atoms with van der Waals surface area (Å²) in [5, 5.41) is 3.48. The third-order valence-electron chi connectivity index (χ3n) is 6.46. The maximum Gasteiger partial charge on any atom is 0.243 e. The second-order valence-electron chi connectivity index (χ2n) is 8.19. The lowest BCUT2D eigenvalue weighted by atomic mass is 9.87. The highest BCUT2D eigenvalue weighted by molar-refractivity contribution is 5.87. The summed E-state index contributed by atoms with van der Waals surface area (Å²) in [5.74, 6) is -0.0104. The van der Waals surface area contributed by atoms with Crippen LogP contribution in [-0.2, 0) is 11.2 Å². The molecule has 0 spiro atoms. The highest BCUT2D eigenvalue weighted by Gasteiger charge is 2.43. The molecule has 0 radical (unpaired) electrons. The third kappa shape index (κ3) is 3.65. The first-order valence-corrected chi connectivity index (χ1v) is 10.2. The number of hydrogen-bond acceptors (Lipinski definition) is 3. The van der Waals surface area contributed by atoms with Crippen molar-refractivity contribution in [1.82, 2.24) is 15.1 Å². The van der Waals surface area contributed by atoms with Crippen LogP contribution < -0.4 is 5.32 Å². The van der Waals surface area contributed by atoms with Crippen molar-refractivity contribution in [2.75, 3.05) is 32.7 Å². The van der Waals surface area contributed by atoms with E-state index in [9.17, 15) is 9.18 Å². The van der Waals surface area contributed by atoms with E-state index in [1.54, 1.807) is 12.1 Å². The highest BCUT2D eigenvalue weighted by atomic mass is 19.1. The van der Waals surface area contributed by atoms with Crippen LogP contribution in [0.4, 0.5) is 4.39 Å². The van der Waals surface area contributed by atoms with Gasteiger partial charge in [0.25, 0.3) is 0 Å². The second kappa shape index (κ2) is 7.65. The second-order valence-corrected chi connectivity index (χ2v) is 8.19. The van der Waals surface area contributed by atoms with Crippen molar-refractivity contribution >= 4 is 5.91 Å². The van der Waals surface area contributed by atoms with Crippen LogP contribution in [0.2, 0.25) is 0 Å². The molecule has 1 saturated carbocycles. The van der Waals surface area contributed by atoms with E-state index in [1.165, 1.54) is 25.3 Å². The van der Waals surface area contributed by atoms with E-state index in [0.29, 0.717) is 6.42 Å². The molecular formula is C21H30FN3O. The minimum Gasteiger partial charge on any atom is -0.340 e. The van der Waals surface area contributed by atoms with Gasteiger partial charge >= 0.3 is 0 Å². The Morgan fingerprint density at radius 1 is 1.15 bits per heavy atom. The van der Waals surface area contributed by atoms with Gasteiger partial charge in [0.05, 0.1) is 0 Å². The van der Waals surface area contributed by atoms with Gasteiger partial charge in [-0.25, -0.2) is 4.39 Å². The fraction of sp³-hybridized carbons (Fsp3) is 0.667. The molecule has 142 valence electrons. The number of hydrogen-bond donors (Lipinski definition) is 1. The van der Waals surface area contributed by atoms with E-state index in [0.717, 1.165) is 63.6 Å². The average molecular weight is 359 g/mol. The summed E-state index contributed by atoms with van der Waals surface area (Å²) in [6.45, 7) is 4.63. The normalized spacial score (nSPS) is 28.0. The lowest BCUT2D eigenvalue weighted by Crippen LogP contribution is -2.57. The number of amides is 1. The molecule has 2 heterocycles. The molecule has 5 heteroatoms. The molecule has 4 rings (SSSR count). The summed E-state index contributed by atoms with van der Waals surface area (Å²) >= 11 is 0. The number of carbonyl (C=O) groups excluding carboxylic acids is 1. The number of halogens is 1. The van der Waals surface area contributed by atoms with Crippen LogP contribution in [0.1, 0.15) is 44.1 Å². The Kier molecular flexibility index (Phi) is 5.28. The summed E-state index contributed by atoms with van der Waals surface area (Å²) in [5.41, 5.74) is 0.345.